The number of hydrogen-bond acceptors (Lipinski definition) is 4. The molecule has 2 aromatic rings. The van der Waals surface area contributed by atoms with Gasteiger partial charge in [-0.25, -0.2) is 12.8 Å². The molecule has 1 aromatic carbocycles. The van der Waals surface area contributed by atoms with Gasteiger partial charge in [-0.15, -0.1) is 0 Å². The van der Waals surface area contributed by atoms with Crippen LogP contribution in [0.2, 0.25) is 10.0 Å². The molecule has 0 atom stereocenters. The molecule has 0 radical (unpaired) electrons. The van der Waals surface area contributed by atoms with Gasteiger partial charge in [0, 0.05) is 18.9 Å². The highest BCUT2D eigenvalue weighted by Gasteiger charge is 2.26. The maximum atomic E-state index is 14.1. The number of aromatic nitrogens is 2. The van der Waals surface area contributed by atoms with Crippen LogP contribution in [0.15, 0.2) is 17.2 Å². The Morgan fingerprint density at radius 3 is 2.36 bits per heavy atom. The molecule has 0 unspecified atom stereocenters. The van der Waals surface area contributed by atoms with Crippen molar-refractivity contribution in [3.8, 4) is 11.3 Å². The van der Waals surface area contributed by atoms with Crippen LogP contribution >= 0.6 is 34.8 Å². The molecule has 2 rings (SSSR count). The predicted molar refractivity (Wildman–Crippen MR) is 81.9 cm³/mol. The molecule has 0 saturated heterocycles. The van der Waals surface area contributed by atoms with Crippen molar-refractivity contribution < 1.29 is 17.6 Å². The molecule has 1 heterocycles. The minimum absolute atomic E-state index is 0.127. The van der Waals surface area contributed by atoms with Crippen molar-refractivity contribution in [3.05, 3.63) is 33.6 Å². The maximum absolute atomic E-state index is 14.1. The summed E-state index contributed by atoms with van der Waals surface area (Å²) in [5, 5.41) is 2.33. The third-order valence-electron chi connectivity index (χ3n) is 2.81. The Hall–Kier alpha value is -1.15. The van der Waals surface area contributed by atoms with Gasteiger partial charge in [0.2, 0.25) is 0 Å². The lowest BCUT2D eigenvalue weighted by Gasteiger charge is -2.05. The van der Waals surface area contributed by atoms with E-state index in [0.29, 0.717) is 0 Å². The normalized spacial score (nSPS) is 11.7. The van der Waals surface area contributed by atoms with Gasteiger partial charge in [-0.05, 0) is 23.7 Å². The first-order valence-electron chi connectivity index (χ1n) is 5.65. The third kappa shape index (κ3) is 2.99. The Morgan fingerprint density at radius 1 is 1.32 bits per heavy atom. The summed E-state index contributed by atoms with van der Waals surface area (Å²) in [6.45, 7) is 0. The SMILES string of the molecule is Cn1nc(-c2cc(C(=O)Cl)c(Cl)cc2F)c(Cl)c1S(C)(=O)=O. The van der Waals surface area contributed by atoms with Crippen molar-refractivity contribution in [2.24, 2.45) is 7.05 Å². The van der Waals surface area contributed by atoms with Crippen LogP contribution in [0.25, 0.3) is 11.3 Å². The highest BCUT2D eigenvalue weighted by molar-refractivity contribution is 7.90. The minimum Gasteiger partial charge on any atom is -0.276 e. The molecular weight excluding hydrogens is 378 g/mol. The highest BCUT2D eigenvalue weighted by Crippen LogP contribution is 2.36. The number of carbonyl (C=O) groups excluding carboxylic acids is 1. The van der Waals surface area contributed by atoms with Crippen LogP contribution in [0.4, 0.5) is 4.39 Å². The molecule has 0 bridgehead atoms. The second-order valence-electron chi connectivity index (χ2n) is 4.45. The molecule has 118 valence electrons. The van der Waals surface area contributed by atoms with Gasteiger partial charge in [0.1, 0.15) is 16.5 Å². The Kier molecular flexibility index (Phi) is 4.54. The lowest BCUT2D eigenvalue weighted by molar-refractivity contribution is 0.108. The van der Waals surface area contributed by atoms with Crippen LogP contribution in [-0.4, -0.2) is 29.7 Å². The lowest BCUT2D eigenvalue weighted by Crippen LogP contribution is -2.05. The Balaban J connectivity index is 2.79. The highest BCUT2D eigenvalue weighted by atomic mass is 35.5. The van der Waals surface area contributed by atoms with E-state index in [1.165, 1.54) is 7.05 Å². The average molecular weight is 386 g/mol. The van der Waals surface area contributed by atoms with Crippen molar-refractivity contribution in [1.82, 2.24) is 9.78 Å². The zero-order valence-electron chi connectivity index (χ0n) is 11.2. The fraction of sp³-hybridized carbons (Fsp3) is 0.167. The number of halogens is 4. The largest absolute Gasteiger partial charge is 0.276 e. The van der Waals surface area contributed by atoms with E-state index in [-0.39, 0.29) is 31.9 Å². The van der Waals surface area contributed by atoms with E-state index in [2.05, 4.69) is 5.10 Å². The summed E-state index contributed by atoms with van der Waals surface area (Å²) >= 11 is 17.1. The summed E-state index contributed by atoms with van der Waals surface area (Å²) in [6.07, 6.45) is 0.950. The van der Waals surface area contributed by atoms with Gasteiger partial charge in [0.25, 0.3) is 5.24 Å². The number of benzene rings is 1. The van der Waals surface area contributed by atoms with Crippen LogP contribution in [0.3, 0.4) is 0 Å². The van der Waals surface area contributed by atoms with Crippen LogP contribution in [0, 0.1) is 5.82 Å². The van der Waals surface area contributed by atoms with E-state index in [1.54, 1.807) is 0 Å². The van der Waals surface area contributed by atoms with Gasteiger partial charge >= 0.3 is 0 Å². The summed E-state index contributed by atoms with van der Waals surface area (Å²) in [7, 11) is -2.32. The maximum Gasteiger partial charge on any atom is 0.253 e. The van der Waals surface area contributed by atoms with Crippen molar-refractivity contribution in [2.45, 2.75) is 5.03 Å². The van der Waals surface area contributed by atoms with Crippen LogP contribution in [-0.2, 0) is 16.9 Å². The van der Waals surface area contributed by atoms with Gasteiger partial charge < -0.3 is 0 Å². The number of carbonyl (C=O) groups is 1. The van der Waals surface area contributed by atoms with Gasteiger partial charge in [-0.1, -0.05) is 23.2 Å². The first-order valence-corrected chi connectivity index (χ1v) is 8.68. The van der Waals surface area contributed by atoms with Crippen molar-refractivity contribution in [1.29, 1.82) is 0 Å². The summed E-state index contributed by atoms with van der Waals surface area (Å²) < 4.78 is 38.5. The molecule has 0 aliphatic heterocycles. The van der Waals surface area contributed by atoms with E-state index in [0.717, 1.165) is 23.1 Å². The molecule has 10 heteroatoms. The number of hydrogen-bond donors (Lipinski definition) is 0. The summed E-state index contributed by atoms with van der Waals surface area (Å²) in [4.78, 5) is 11.3. The summed E-state index contributed by atoms with van der Waals surface area (Å²) in [5.74, 6) is -0.813. The minimum atomic E-state index is -3.67. The average Bonchev–Trinajstić information content (AvgIpc) is 2.63. The van der Waals surface area contributed by atoms with Crippen LogP contribution in [0.5, 0.6) is 0 Å². The predicted octanol–water partition coefficient (Wildman–Crippen LogP) is 3.32. The zero-order chi connectivity index (χ0) is 16.8. The Bertz CT molecular complexity index is 894. The van der Waals surface area contributed by atoms with E-state index in [1.807, 2.05) is 0 Å². The number of aryl methyl sites for hydroxylation is 1. The third-order valence-corrected chi connectivity index (χ3v) is 4.97. The Labute approximate surface area is 140 Å². The molecular formula is C12H8Cl3FN2O3S. The van der Waals surface area contributed by atoms with Crippen molar-refractivity contribution in [3.63, 3.8) is 0 Å². The van der Waals surface area contributed by atoms with Gasteiger partial charge in [-0.2, -0.15) is 5.10 Å². The zero-order valence-corrected chi connectivity index (χ0v) is 14.3. The quantitative estimate of drug-likeness (QED) is 0.760. The van der Waals surface area contributed by atoms with Crippen molar-refractivity contribution >= 4 is 49.9 Å². The Morgan fingerprint density at radius 2 is 1.91 bits per heavy atom. The molecule has 0 aliphatic rings. The molecule has 1 aromatic heterocycles. The molecule has 5 nitrogen and oxygen atoms in total. The molecule has 0 aliphatic carbocycles. The fourth-order valence-electron chi connectivity index (χ4n) is 1.94. The van der Waals surface area contributed by atoms with Crippen molar-refractivity contribution in [2.75, 3.05) is 6.26 Å². The summed E-state index contributed by atoms with van der Waals surface area (Å²) in [5.41, 5.74) is -0.441. The standard InChI is InChI=1S/C12H8Cl3FN2O3S/c1-18-12(22(2,20)21)9(14)10(17-18)6-3-5(11(15)19)7(13)4-8(6)16/h3-4H,1-2H3. The first-order chi connectivity index (χ1) is 10.0. The van der Waals surface area contributed by atoms with E-state index < -0.39 is 20.9 Å². The van der Waals surface area contributed by atoms with Crippen LogP contribution in [0.1, 0.15) is 10.4 Å². The van der Waals surface area contributed by atoms with Gasteiger partial charge in [0.15, 0.2) is 14.9 Å². The fourth-order valence-corrected chi connectivity index (χ4v) is 4.00. The van der Waals surface area contributed by atoms with Crippen LogP contribution < -0.4 is 0 Å². The van der Waals surface area contributed by atoms with E-state index in [9.17, 15) is 17.6 Å². The molecule has 22 heavy (non-hydrogen) atoms. The van der Waals surface area contributed by atoms with E-state index >= 15 is 0 Å². The molecule has 0 fully saturated rings. The number of sulfone groups is 1. The van der Waals surface area contributed by atoms with Gasteiger partial charge in [0.05, 0.1) is 10.6 Å². The number of rotatable bonds is 3. The summed E-state index contributed by atoms with van der Waals surface area (Å²) in [6, 6.07) is 1.96. The monoisotopic (exact) mass is 384 g/mol. The number of nitrogens with zero attached hydrogens (tertiary/aromatic N) is 2. The molecule has 0 amide bonds. The molecule has 0 spiro atoms. The topological polar surface area (TPSA) is 69.0 Å². The molecule has 0 N–H and O–H groups in total. The van der Waals surface area contributed by atoms with Gasteiger partial charge in [-0.3, -0.25) is 9.48 Å². The van der Waals surface area contributed by atoms with E-state index in [4.69, 9.17) is 34.8 Å². The second-order valence-corrected chi connectivity index (χ2v) is 7.51. The lowest BCUT2D eigenvalue weighted by atomic mass is 10.1. The second kappa shape index (κ2) is 5.81. The molecule has 0 saturated carbocycles. The first kappa shape index (κ1) is 17.2. The smallest absolute Gasteiger partial charge is 0.253 e.